The highest BCUT2D eigenvalue weighted by Gasteiger charge is 2.42. The second-order valence-corrected chi connectivity index (χ2v) is 9.84. The quantitative estimate of drug-likeness (QED) is 0.109. The summed E-state index contributed by atoms with van der Waals surface area (Å²) < 4.78 is 10.5. The molecule has 1 aliphatic heterocycles. The summed E-state index contributed by atoms with van der Waals surface area (Å²) in [4.78, 5) is 66.0. The number of fused-ring (bicyclic) bond motifs is 1. The summed E-state index contributed by atoms with van der Waals surface area (Å²) in [6.45, 7) is -0.659. The number of esters is 1. The maximum absolute atomic E-state index is 13.6. The van der Waals surface area contributed by atoms with Crippen LogP contribution in [0.3, 0.4) is 0 Å². The number of hydrogen-bond donors (Lipinski definition) is 0. The van der Waals surface area contributed by atoms with Crippen LogP contribution in [0.2, 0.25) is 10.0 Å². The van der Waals surface area contributed by atoms with Crippen LogP contribution >= 0.6 is 23.2 Å². The van der Waals surface area contributed by atoms with Crippen LogP contribution < -0.4 is 9.47 Å². The third-order valence-corrected chi connectivity index (χ3v) is 7.14. The van der Waals surface area contributed by atoms with Gasteiger partial charge >= 0.3 is 5.97 Å². The van der Waals surface area contributed by atoms with Gasteiger partial charge in [-0.1, -0.05) is 41.4 Å². The van der Waals surface area contributed by atoms with Crippen molar-refractivity contribution in [3.63, 3.8) is 0 Å². The van der Waals surface area contributed by atoms with Gasteiger partial charge in [-0.05, 0) is 72.8 Å². The molecule has 5 rings (SSSR count). The fourth-order valence-corrected chi connectivity index (χ4v) is 4.56. The first-order valence-corrected chi connectivity index (χ1v) is 13.2. The van der Waals surface area contributed by atoms with Crippen LogP contribution in [0.15, 0.2) is 91.0 Å². The van der Waals surface area contributed by atoms with Crippen molar-refractivity contribution < 1.29 is 33.4 Å². The van der Waals surface area contributed by atoms with E-state index in [-0.39, 0.29) is 43.6 Å². The fourth-order valence-electron chi connectivity index (χ4n) is 4.26. The largest absolute Gasteiger partial charge is 0.497 e. The Morgan fingerprint density at radius 1 is 0.714 bits per heavy atom. The maximum Gasteiger partial charge on any atom is 0.343 e. The zero-order chi connectivity index (χ0) is 30.0. The van der Waals surface area contributed by atoms with Gasteiger partial charge < -0.3 is 9.47 Å². The normalized spacial score (nSPS) is 12.1. The van der Waals surface area contributed by atoms with E-state index in [1.54, 1.807) is 30.3 Å². The number of hydrazine groups is 1. The summed E-state index contributed by atoms with van der Waals surface area (Å²) in [6, 6.07) is 22.2. The molecule has 0 fully saturated rings. The first-order valence-electron chi connectivity index (χ1n) is 12.4. The summed E-state index contributed by atoms with van der Waals surface area (Å²) >= 11 is 12.1. The SMILES string of the molecule is COc1cccc(C(=O)Oc2ccc(C(=O)CN(C(=O)c3ccc(Cl)c(Cl)c3)N3C(=O)c4ccccc4C3=O)cc2)c1. The number of ketones is 1. The molecule has 0 radical (unpaired) electrons. The Bertz CT molecular complexity index is 1720. The minimum Gasteiger partial charge on any atom is -0.497 e. The highest BCUT2D eigenvalue weighted by molar-refractivity contribution is 6.42. The van der Waals surface area contributed by atoms with Crippen LogP contribution in [-0.4, -0.2) is 53.1 Å². The minimum absolute atomic E-state index is 0.00792. The number of hydrogen-bond acceptors (Lipinski definition) is 7. The van der Waals surface area contributed by atoms with Gasteiger partial charge in [0.2, 0.25) is 0 Å². The molecule has 1 heterocycles. The predicted molar refractivity (Wildman–Crippen MR) is 153 cm³/mol. The van der Waals surface area contributed by atoms with Gasteiger partial charge in [0.1, 0.15) is 18.0 Å². The molecule has 1 aliphatic rings. The number of ether oxygens (including phenoxy) is 2. The maximum atomic E-state index is 13.6. The van der Waals surface area contributed by atoms with E-state index >= 15 is 0 Å². The second kappa shape index (κ2) is 11.9. The Hall–Kier alpha value is -4.99. The Kier molecular flexibility index (Phi) is 8.06. The average Bonchev–Trinajstić information content (AvgIpc) is 3.26. The van der Waals surface area contributed by atoms with E-state index in [4.69, 9.17) is 32.7 Å². The number of carbonyl (C=O) groups excluding carboxylic acids is 5. The first-order chi connectivity index (χ1) is 20.2. The summed E-state index contributed by atoms with van der Waals surface area (Å²) in [7, 11) is 1.48. The summed E-state index contributed by atoms with van der Waals surface area (Å²) in [5, 5.41) is 1.71. The Balaban J connectivity index is 1.39. The number of rotatable bonds is 8. The van der Waals surface area contributed by atoms with Crippen LogP contribution in [0.1, 0.15) is 51.8 Å². The van der Waals surface area contributed by atoms with Crippen molar-refractivity contribution >= 4 is 52.7 Å². The van der Waals surface area contributed by atoms with Gasteiger partial charge in [-0.3, -0.25) is 19.2 Å². The van der Waals surface area contributed by atoms with Gasteiger partial charge in [0.05, 0.1) is 33.8 Å². The van der Waals surface area contributed by atoms with Crippen molar-refractivity contribution in [1.82, 2.24) is 10.0 Å². The van der Waals surface area contributed by atoms with Crippen LogP contribution in [0.25, 0.3) is 0 Å². The molecular weight excluding hydrogens is 583 g/mol. The molecule has 210 valence electrons. The highest BCUT2D eigenvalue weighted by Crippen LogP contribution is 2.28. The second-order valence-electron chi connectivity index (χ2n) is 9.03. The number of carbonyl (C=O) groups is 5. The highest BCUT2D eigenvalue weighted by atomic mass is 35.5. The van der Waals surface area contributed by atoms with E-state index in [1.165, 1.54) is 67.8 Å². The van der Waals surface area contributed by atoms with Crippen molar-refractivity contribution in [2.45, 2.75) is 0 Å². The van der Waals surface area contributed by atoms with E-state index in [9.17, 15) is 24.0 Å². The molecule has 9 nitrogen and oxygen atoms in total. The summed E-state index contributed by atoms with van der Waals surface area (Å²) in [6.07, 6.45) is 0. The van der Waals surface area contributed by atoms with E-state index in [0.29, 0.717) is 10.8 Å². The molecule has 3 amide bonds. The number of nitrogens with zero attached hydrogens (tertiary/aromatic N) is 2. The molecule has 0 saturated heterocycles. The zero-order valence-corrected chi connectivity index (χ0v) is 23.4. The summed E-state index contributed by atoms with van der Waals surface area (Å²) in [5.41, 5.74) is 0.619. The lowest BCUT2D eigenvalue weighted by Crippen LogP contribution is -2.51. The molecule has 4 aromatic rings. The van der Waals surface area contributed by atoms with Crippen LogP contribution in [-0.2, 0) is 0 Å². The molecule has 0 aliphatic carbocycles. The lowest BCUT2D eigenvalue weighted by atomic mass is 10.1. The van der Waals surface area contributed by atoms with Gasteiger partial charge in [0, 0.05) is 11.1 Å². The molecule has 42 heavy (non-hydrogen) atoms. The van der Waals surface area contributed by atoms with Crippen molar-refractivity contribution in [3.8, 4) is 11.5 Å². The molecule has 0 N–H and O–H groups in total. The topological polar surface area (TPSA) is 110 Å². The Labute approximate surface area is 249 Å². The van der Waals surface area contributed by atoms with Crippen LogP contribution in [0.5, 0.6) is 11.5 Å². The molecule has 0 spiro atoms. The third kappa shape index (κ3) is 5.60. The van der Waals surface area contributed by atoms with E-state index in [0.717, 1.165) is 5.01 Å². The Morgan fingerprint density at radius 2 is 1.36 bits per heavy atom. The smallest absolute Gasteiger partial charge is 0.343 e. The summed E-state index contributed by atoms with van der Waals surface area (Å²) in [5.74, 6) is -2.89. The van der Waals surface area contributed by atoms with Crippen LogP contribution in [0, 0.1) is 0 Å². The van der Waals surface area contributed by atoms with Crippen molar-refractivity contribution in [2.24, 2.45) is 0 Å². The van der Waals surface area contributed by atoms with Gasteiger partial charge in [0.25, 0.3) is 17.7 Å². The van der Waals surface area contributed by atoms with E-state index in [1.807, 2.05) is 0 Å². The monoisotopic (exact) mass is 602 g/mol. The first kappa shape index (κ1) is 28.5. The molecule has 0 aromatic heterocycles. The number of imide groups is 1. The molecule has 0 bridgehead atoms. The molecule has 0 atom stereocenters. The van der Waals surface area contributed by atoms with E-state index < -0.39 is 36.0 Å². The van der Waals surface area contributed by atoms with Gasteiger partial charge in [-0.25, -0.2) is 9.80 Å². The average molecular weight is 603 g/mol. The fraction of sp³-hybridized carbons (Fsp3) is 0.0645. The Morgan fingerprint density at radius 3 is 1.98 bits per heavy atom. The van der Waals surface area contributed by atoms with Gasteiger partial charge in [0.15, 0.2) is 5.78 Å². The third-order valence-electron chi connectivity index (χ3n) is 6.40. The number of methoxy groups -OCH3 is 1. The van der Waals surface area contributed by atoms with Gasteiger partial charge in [-0.15, -0.1) is 0 Å². The standard InChI is InChI=1S/C31H20Cl2N2O7/c1-41-22-6-4-5-20(15-22)31(40)42-21-12-9-18(10-13-21)27(36)17-34(28(37)19-11-14-25(32)26(33)16-19)35-29(38)23-7-2-3-8-24(23)30(35)39/h2-16H,17H2,1H3. The molecule has 0 unspecified atom stereocenters. The minimum atomic E-state index is -0.819. The number of halogens is 2. The van der Waals surface area contributed by atoms with Crippen molar-refractivity contribution in [3.05, 3.63) is 129 Å². The lowest BCUT2D eigenvalue weighted by Gasteiger charge is -2.29. The van der Waals surface area contributed by atoms with E-state index in [2.05, 4.69) is 0 Å². The zero-order valence-electron chi connectivity index (χ0n) is 21.9. The molecular formula is C31H20Cl2N2O7. The molecule has 11 heteroatoms. The van der Waals surface area contributed by atoms with Gasteiger partial charge in [-0.2, -0.15) is 5.01 Å². The predicted octanol–water partition coefficient (Wildman–Crippen LogP) is 5.76. The van der Waals surface area contributed by atoms with Crippen LogP contribution in [0.4, 0.5) is 0 Å². The number of amides is 3. The van der Waals surface area contributed by atoms with Crippen molar-refractivity contribution in [2.75, 3.05) is 13.7 Å². The number of benzene rings is 4. The molecule has 4 aromatic carbocycles. The number of Topliss-reactive ketones (excluding diaryl/α,β-unsaturated/α-hetero) is 1. The van der Waals surface area contributed by atoms with Crippen molar-refractivity contribution in [1.29, 1.82) is 0 Å². The lowest BCUT2D eigenvalue weighted by molar-refractivity contribution is 0.00531. The molecule has 0 saturated carbocycles.